The lowest BCUT2D eigenvalue weighted by molar-refractivity contribution is -0.140. The van der Waals surface area contributed by atoms with Crippen LogP contribution in [0, 0.1) is 0 Å². The van der Waals surface area contributed by atoms with Crippen LogP contribution in [0.5, 0.6) is 0 Å². The van der Waals surface area contributed by atoms with Crippen molar-refractivity contribution in [2.75, 3.05) is 18.1 Å². The number of urea groups is 1. The standard InChI is InChI=1S/C25H26FN3O5/c26-14-22(30)19(13-23(31)32)27-24(33)21-11-5-6-12-28(21)25(34)29-15-16-7-1-2-8-17(16)18-9-3-4-10-20(18)29/h1-4,7-10,19,21H,5-6,11-15H2,(H,27,33)(H,31,32). The Hall–Kier alpha value is -3.75. The van der Waals surface area contributed by atoms with Crippen molar-refractivity contribution in [1.29, 1.82) is 0 Å². The summed E-state index contributed by atoms with van der Waals surface area (Å²) in [5, 5.41) is 11.4. The van der Waals surface area contributed by atoms with Gasteiger partial charge in [0, 0.05) is 12.1 Å². The number of carboxylic acids is 1. The molecular weight excluding hydrogens is 441 g/mol. The number of piperidine rings is 1. The number of amides is 3. The fraction of sp³-hybridized carbons (Fsp3) is 0.360. The van der Waals surface area contributed by atoms with Crippen LogP contribution in [0.25, 0.3) is 11.1 Å². The SMILES string of the molecule is O=C(O)CC(NC(=O)C1CCCCN1C(=O)N1Cc2ccccc2-c2ccccc21)C(=O)CF. The van der Waals surface area contributed by atoms with E-state index in [1.165, 1.54) is 4.90 Å². The second-order valence-electron chi connectivity index (χ2n) is 8.51. The Bertz CT molecular complexity index is 1120. The predicted molar refractivity (Wildman–Crippen MR) is 123 cm³/mol. The predicted octanol–water partition coefficient (Wildman–Crippen LogP) is 3.15. The molecule has 2 aliphatic rings. The molecule has 2 aromatic carbocycles. The molecule has 0 bridgehead atoms. The summed E-state index contributed by atoms with van der Waals surface area (Å²) < 4.78 is 12.9. The number of hydrogen-bond acceptors (Lipinski definition) is 4. The summed E-state index contributed by atoms with van der Waals surface area (Å²) in [7, 11) is 0. The number of benzene rings is 2. The maximum atomic E-state index is 13.7. The fourth-order valence-corrected chi connectivity index (χ4v) is 4.65. The Morgan fingerprint density at radius 1 is 1.03 bits per heavy atom. The molecular formula is C25H26FN3O5. The molecule has 1 saturated heterocycles. The van der Waals surface area contributed by atoms with E-state index in [1.54, 1.807) is 4.90 Å². The number of carbonyl (C=O) groups excluding carboxylic acids is 3. The fourth-order valence-electron chi connectivity index (χ4n) is 4.65. The second-order valence-corrected chi connectivity index (χ2v) is 8.51. The number of alkyl halides is 1. The molecule has 8 nitrogen and oxygen atoms in total. The molecule has 2 aromatic rings. The number of carbonyl (C=O) groups is 4. The van der Waals surface area contributed by atoms with Crippen molar-refractivity contribution in [3.05, 3.63) is 54.1 Å². The number of rotatable bonds is 6. The van der Waals surface area contributed by atoms with Crippen LogP contribution < -0.4 is 10.2 Å². The number of hydrogen-bond donors (Lipinski definition) is 2. The molecule has 2 N–H and O–H groups in total. The Morgan fingerprint density at radius 3 is 2.47 bits per heavy atom. The van der Waals surface area contributed by atoms with Gasteiger partial charge in [-0.15, -0.1) is 0 Å². The number of carboxylic acid groups (broad SMARTS) is 1. The van der Waals surface area contributed by atoms with E-state index < -0.39 is 42.8 Å². The molecule has 34 heavy (non-hydrogen) atoms. The lowest BCUT2D eigenvalue weighted by Gasteiger charge is -2.40. The van der Waals surface area contributed by atoms with E-state index in [4.69, 9.17) is 5.11 Å². The lowest BCUT2D eigenvalue weighted by Crippen LogP contribution is -2.58. The molecule has 178 valence electrons. The normalized spacial score (nSPS) is 17.9. The number of anilines is 1. The summed E-state index contributed by atoms with van der Waals surface area (Å²) in [4.78, 5) is 52.9. The van der Waals surface area contributed by atoms with E-state index in [0.717, 1.165) is 22.4 Å². The molecule has 0 aromatic heterocycles. The zero-order chi connectivity index (χ0) is 24.2. The van der Waals surface area contributed by atoms with Crippen molar-refractivity contribution < 1.29 is 28.7 Å². The monoisotopic (exact) mass is 467 g/mol. The summed E-state index contributed by atoms with van der Waals surface area (Å²) >= 11 is 0. The van der Waals surface area contributed by atoms with E-state index in [0.29, 0.717) is 32.4 Å². The van der Waals surface area contributed by atoms with Gasteiger partial charge in [-0.05, 0) is 36.5 Å². The lowest BCUT2D eigenvalue weighted by atomic mass is 9.93. The van der Waals surface area contributed by atoms with E-state index in [-0.39, 0.29) is 6.03 Å². The van der Waals surface area contributed by atoms with Crippen molar-refractivity contribution >= 4 is 29.4 Å². The molecule has 4 rings (SSSR count). The van der Waals surface area contributed by atoms with Gasteiger partial charge >= 0.3 is 12.0 Å². The summed E-state index contributed by atoms with van der Waals surface area (Å²) in [6, 6.07) is 12.7. The van der Waals surface area contributed by atoms with E-state index in [9.17, 15) is 23.6 Å². The highest BCUT2D eigenvalue weighted by molar-refractivity contribution is 6.01. The van der Waals surface area contributed by atoms with Gasteiger partial charge in [0.25, 0.3) is 0 Å². The maximum absolute atomic E-state index is 13.7. The highest BCUT2D eigenvalue weighted by Gasteiger charge is 2.38. The van der Waals surface area contributed by atoms with Crippen LogP contribution in [0.3, 0.4) is 0 Å². The third-order valence-corrected chi connectivity index (χ3v) is 6.33. The van der Waals surface area contributed by atoms with Crippen molar-refractivity contribution in [1.82, 2.24) is 10.2 Å². The summed E-state index contributed by atoms with van der Waals surface area (Å²) in [6.07, 6.45) is 1.06. The summed E-state index contributed by atoms with van der Waals surface area (Å²) in [5.74, 6) is -2.98. The van der Waals surface area contributed by atoms with E-state index >= 15 is 0 Å². The van der Waals surface area contributed by atoms with Crippen LogP contribution in [0.1, 0.15) is 31.2 Å². The van der Waals surface area contributed by atoms with Crippen LogP contribution in [0.15, 0.2) is 48.5 Å². The Labute approximate surface area is 196 Å². The Kier molecular flexibility index (Phi) is 6.90. The van der Waals surface area contributed by atoms with Gasteiger partial charge in [0.05, 0.1) is 18.7 Å². The first-order valence-electron chi connectivity index (χ1n) is 11.3. The molecule has 0 spiro atoms. The zero-order valence-corrected chi connectivity index (χ0v) is 18.6. The number of nitrogens with one attached hydrogen (secondary N) is 1. The van der Waals surface area contributed by atoms with Crippen molar-refractivity contribution in [2.24, 2.45) is 0 Å². The number of ketones is 1. The molecule has 2 heterocycles. The minimum atomic E-state index is -1.48. The van der Waals surface area contributed by atoms with Crippen LogP contribution in [0.2, 0.25) is 0 Å². The third kappa shape index (κ3) is 4.64. The highest BCUT2D eigenvalue weighted by atomic mass is 19.1. The first-order valence-corrected chi connectivity index (χ1v) is 11.3. The number of fused-ring (bicyclic) bond motifs is 3. The number of halogens is 1. The van der Waals surface area contributed by atoms with E-state index in [2.05, 4.69) is 5.32 Å². The average Bonchev–Trinajstić information content (AvgIpc) is 2.86. The zero-order valence-electron chi connectivity index (χ0n) is 18.6. The van der Waals surface area contributed by atoms with Crippen LogP contribution >= 0.6 is 0 Å². The summed E-state index contributed by atoms with van der Waals surface area (Å²) in [6.45, 7) is -0.688. The molecule has 2 atom stereocenters. The van der Waals surface area contributed by atoms with Gasteiger partial charge in [-0.1, -0.05) is 42.5 Å². The first kappa shape index (κ1) is 23.4. The molecule has 2 aliphatic heterocycles. The minimum Gasteiger partial charge on any atom is -0.481 e. The first-order chi connectivity index (χ1) is 16.4. The molecule has 2 unspecified atom stereocenters. The number of likely N-dealkylation sites (tertiary alicyclic amines) is 1. The number of nitrogens with zero attached hydrogens (tertiary/aromatic N) is 2. The highest BCUT2D eigenvalue weighted by Crippen LogP contribution is 2.39. The Balaban J connectivity index is 1.59. The molecule has 0 aliphatic carbocycles. The average molecular weight is 467 g/mol. The third-order valence-electron chi connectivity index (χ3n) is 6.33. The van der Waals surface area contributed by atoms with Gasteiger partial charge < -0.3 is 15.3 Å². The second kappa shape index (κ2) is 10.0. The number of para-hydroxylation sites is 1. The molecule has 9 heteroatoms. The van der Waals surface area contributed by atoms with Crippen molar-refractivity contribution in [2.45, 2.75) is 44.3 Å². The van der Waals surface area contributed by atoms with E-state index in [1.807, 2.05) is 48.5 Å². The van der Waals surface area contributed by atoms with Gasteiger partial charge in [-0.3, -0.25) is 19.3 Å². The largest absolute Gasteiger partial charge is 0.481 e. The van der Waals surface area contributed by atoms with Gasteiger partial charge in [-0.25, -0.2) is 9.18 Å². The van der Waals surface area contributed by atoms with Crippen LogP contribution in [0.4, 0.5) is 14.9 Å². The Morgan fingerprint density at radius 2 is 1.74 bits per heavy atom. The molecule has 0 radical (unpaired) electrons. The number of aliphatic carboxylic acids is 1. The maximum Gasteiger partial charge on any atom is 0.325 e. The van der Waals surface area contributed by atoms with Gasteiger partial charge in [0.15, 0.2) is 5.78 Å². The van der Waals surface area contributed by atoms with Gasteiger partial charge in [-0.2, -0.15) is 0 Å². The van der Waals surface area contributed by atoms with Crippen LogP contribution in [-0.2, 0) is 20.9 Å². The minimum absolute atomic E-state index is 0.339. The molecule has 1 fully saturated rings. The summed E-state index contributed by atoms with van der Waals surface area (Å²) in [5.41, 5.74) is 3.71. The number of Topliss-reactive ketones (excluding diaryl/α,β-unsaturated/α-hetero) is 1. The topological polar surface area (TPSA) is 107 Å². The molecule has 3 amide bonds. The van der Waals surface area contributed by atoms with Crippen LogP contribution in [-0.4, -0.2) is 59.0 Å². The quantitative estimate of drug-likeness (QED) is 0.679. The van der Waals surface area contributed by atoms with Gasteiger partial charge in [0.2, 0.25) is 5.91 Å². The smallest absolute Gasteiger partial charge is 0.325 e. The molecule has 0 saturated carbocycles. The van der Waals surface area contributed by atoms with Crippen molar-refractivity contribution in [3.63, 3.8) is 0 Å². The van der Waals surface area contributed by atoms with Crippen molar-refractivity contribution in [3.8, 4) is 11.1 Å². The van der Waals surface area contributed by atoms with Gasteiger partial charge in [0.1, 0.15) is 18.8 Å².